The van der Waals surface area contributed by atoms with E-state index in [1.807, 2.05) is 0 Å². The first-order valence-corrected chi connectivity index (χ1v) is 4.69. The normalized spacial score (nSPS) is 11.7. The second kappa shape index (κ2) is 4.00. The van der Waals surface area contributed by atoms with Gasteiger partial charge in [-0.25, -0.2) is 0 Å². The summed E-state index contributed by atoms with van der Waals surface area (Å²) in [4.78, 5) is 0. The summed E-state index contributed by atoms with van der Waals surface area (Å²) in [5.41, 5.74) is 1.15. The quantitative estimate of drug-likeness (QED) is 0.837. The third-order valence-electron chi connectivity index (χ3n) is 2.24. The number of hydrogen-bond acceptors (Lipinski definition) is 1. The van der Waals surface area contributed by atoms with Crippen LogP contribution in [0.1, 0.15) is 16.7 Å². The maximum Gasteiger partial charge on any atom is 0.416 e. The highest BCUT2D eigenvalue weighted by atomic mass is 19.4. The fourth-order valence-electron chi connectivity index (χ4n) is 1.42. The predicted molar refractivity (Wildman–Crippen MR) is 52.8 cm³/mol. The number of aromatic amines is 1. The lowest BCUT2D eigenvalue weighted by Crippen LogP contribution is -2.04. The van der Waals surface area contributed by atoms with Crippen molar-refractivity contribution in [2.45, 2.75) is 12.6 Å². The average Bonchev–Trinajstić information content (AvgIpc) is 2.70. The Morgan fingerprint density at radius 3 is 2.25 bits per heavy atom. The minimum atomic E-state index is -4.27. The molecule has 1 aromatic heterocycles. The lowest BCUT2D eigenvalue weighted by Gasteiger charge is -2.06. The summed E-state index contributed by atoms with van der Waals surface area (Å²) in [6, 6.07) is 5.15. The van der Waals surface area contributed by atoms with Crippen LogP contribution in [-0.4, -0.2) is 10.2 Å². The van der Waals surface area contributed by atoms with E-state index in [1.165, 1.54) is 12.1 Å². The van der Waals surface area contributed by atoms with E-state index in [0.717, 1.165) is 23.3 Å². The van der Waals surface area contributed by atoms with Crippen LogP contribution in [0.15, 0.2) is 36.7 Å². The van der Waals surface area contributed by atoms with Gasteiger partial charge in [-0.2, -0.15) is 18.3 Å². The lowest BCUT2D eigenvalue weighted by atomic mass is 10.1. The van der Waals surface area contributed by atoms with Crippen molar-refractivity contribution in [2.24, 2.45) is 0 Å². The molecule has 2 aromatic rings. The van der Waals surface area contributed by atoms with Gasteiger partial charge in [0.1, 0.15) is 0 Å². The molecule has 0 atom stereocenters. The van der Waals surface area contributed by atoms with E-state index in [2.05, 4.69) is 10.2 Å². The van der Waals surface area contributed by atoms with E-state index >= 15 is 0 Å². The van der Waals surface area contributed by atoms with Crippen LogP contribution in [0.25, 0.3) is 0 Å². The van der Waals surface area contributed by atoms with Crippen LogP contribution in [0, 0.1) is 0 Å². The summed E-state index contributed by atoms with van der Waals surface area (Å²) >= 11 is 0. The van der Waals surface area contributed by atoms with Gasteiger partial charge in [0.2, 0.25) is 0 Å². The summed E-state index contributed by atoms with van der Waals surface area (Å²) in [6.07, 6.45) is -0.321. The standard InChI is InChI=1S/C11H9F3N2/c12-11(13,14)10-3-1-8(2-4-10)5-9-6-15-16-7-9/h1-4,6-7H,5H2,(H,15,16). The molecule has 2 rings (SSSR count). The second-order valence-corrected chi connectivity index (χ2v) is 3.48. The van der Waals surface area contributed by atoms with Gasteiger partial charge in [-0.3, -0.25) is 5.10 Å². The van der Waals surface area contributed by atoms with Crippen molar-refractivity contribution >= 4 is 0 Å². The van der Waals surface area contributed by atoms with Crippen LogP contribution in [-0.2, 0) is 12.6 Å². The average molecular weight is 226 g/mol. The summed E-state index contributed by atoms with van der Waals surface area (Å²) < 4.78 is 36.8. The van der Waals surface area contributed by atoms with Gasteiger partial charge in [-0.1, -0.05) is 12.1 Å². The lowest BCUT2D eigenvalue weighted by molar-refractivity contribution is -0.137. The van der Waals surface area contributed by atoms with Crippen molar-refractivity contribution in [3.63, 3.8) is 0 Å². The van der Waals surface area contributed by atoms with Gasteiger partial charge in [0.05, 0.1) is 11.8 Å². The first kappa shape index (κ1) is 10.7. The number of nitrogens with zero attached hydrogens (tertiary/aromatic N) is 1. The maximum atomic E-state index is 12.3. The van der Waals surface area contributed by atoms with Crippen LogP contribution in [0.2, 0.25) is 0 Å². The molecule has 0 unspecified atom stereocenters. The summed E-state index contributed by atoms with van der Waals surface area (Å²) in [5, 5.41) is 6.43. The van der Waals surface area contributed by atoms with Crippen molar-refractivity contribution in [1.29, 1.82) is 0 Å². The molecule has 0 radical (unpaired) electrons. The number of rotatable bonds is 2. The number of H-pyrrole nitrogens is 1. The molecule has 84 valence electrons. The molecule has 0 spiro atoms. The monoisotopic (exact) mass is 226 g/mol. The van der Waals surface area contributed by atoms with Crippen molar-refractivity contribution in [1.82, 2.24) is 10.2 Å². The zero-order valence-electron chi connectivity index (χ0n) is 8.25. The smallest absolute Gasteiger partial charge is 0.285 e. The molecule has 0 saturated carbocycles. The molecule has 0 aliphatic heterocycles. The highest BCUT2D eigenvalue weighted by Crippen LogP contribution is 2.29. The molecule has 1 heterocycles. The third-order valence-corrected chi connectivity index (χ3v) is 2.24. The van der Waals surface area contributed by atoms with E-state index in [-0.39, 0.29) is 0 Å². The fourth-order valence-corrected chi connectivity index (χ4v) is 1.42. The van der Waals surface area contributed by atoms with Gasteiger partial charge in [0.15, 0.2) is 0 Å². The number of hydrogen-bond donors (Lipinski definition) is 1. The Morgan fingerprint density at radius 1 is 1.06 bits per heavy atom. The zero-order valence-corrected chi connectivity index (χ0v) is 8.25. The minimum Gasteiger partial charge on any atom is -0.285 e. The molecule has 0 aliphatic rings. The predicted octanol–water partition coefficient (Wildman–Crippen LogP) is 3.02. The molecule has 0 amide bonds. The Balaban J connectivity index is 2.14. The Labute approximate surface area is 90.1 Å². The zero-order chi connectivity index (χ0) is 11.6. The molecule has 2 nitrogen and oxygen atoms in total. The Kier molecular flexibility index (Phi) is 2.68. The van der Waals surface area contributed by atoms with E-state index < -0.39 is 11.7 Å². The SMILES string of the molecule is FC(F)(F)c1ccc(Cc2cn[nH]c2)cc1. The molecule has 0 fully saturated rings. The molecule has 0 bridgehead atoms. The summed E-state index contributed by atoms with van der Waals surface area (Å²) in [6.45, 7) is 0. The maximum absolute atomic E-state index is 12.3. The van der Waals surface area contributed by atoms with Crippen LogP contribution in [0.5, 0.6) is 0 Å². The fraction of sp³-hybridized carbons (Fsp3) is 0.182. The third kappa shape index (κ3) is 2.42. The van der Waals surface area contributed by atoms with Gasteiger partial charge in [-0.05, 0) is 23.3 Å². The topological polar surface area (TPSA) is 28.7 Å². The van der Waals surface area contributed by atoms with E-state index in [4.69, 9.17) is 0 Å². The van der Waals surface area contributed by atoms with Crippen molar-refractivity contribution in [2.75, 3.05) is 0 Å². The molecule has 5 heteroatoms. The number of alkyl halides is 3. The number of nitrogens with one attached hydrogen (secondary N) is 1. The van der Waals surface area contributed by atoms with Crippen LogP contribution >= 0.6 is 0 Å². The Bertz CT molecular complexity index is 443. The summed E-state index contributed by atoms with van der Waals surface area (Å²) in [5.74, 6) is 0. The Morgan fingerprint density at radius 2 is 1.75 bits per heavy atom. The molecular weight excluding hydrogens is 217 g/mol. The van der Waals surface area contributed by atoms with Crippen LogP contribution in [0.3, 0.4) is 0 Å². The van der Waals surface area contributed by atoms with Crippen molar-refractivity contribution in [3.8, 4) is 0 Å². The van der Waals surface area contributed by atoms with Gasteiger partial charge < -0.3 is 0 Å². The molecule has 0 saturated heterocycles. The molecular formula is C11H9F3N2. The molecule has 16 heavy (non-hydrogen) atoms. The van der Waals surface area contributed by atoms with Crippen molar-refractivity contribution in [3.05, 3.63) is 53.3 Å². The first-order valence-electron chi connectivity index (χ1n) is 4.69. The largest absolute Gasteiger partial charge is 0.416 e. The summed E-state index contributed by atoms with van der Waals surface area (Å²) in [7, 11) is 0. The Hall–Kier alpha value is -1.78. The van der Waals surface area contributed by atoms with Gasteiger partial charge in [0, 0.05) is 12.6 Å². The van der Waals surface area contributed by atoms with E-state index in [0.29, 0.717) is 6.42 Å². The molecule has 1 aromatic carbocycles. The van der Waals surface area contributed by atoms with Crippen LogP contribution < -0.4 is 0 Å². The minimum absolute atomic E-state index is 0.578. The molecule has 0 aliphatic carbocycles. The highest BCUT2D eigenvalue weighted by molar-refractivity contribution is 5.28. The molecule has 1 N–H and O–H groups in total. The van der Waals surface area contributed by atoms with Gasteiger partial charge in [-0.15, -0.1) is 0 Å². The highest BCUT2D eigenvalue weighted by Gasteiger charge is 2.29. The second-order valence-electron chi connectivity index (χ2n) is 3.48. The van der Waals surface area contributed by atoms with E-state index in [9.17, 15) is 13.2 Å². The number of halogens is 3. The van der Waals surface area contributed by atoms with Crippen LogP contribution in [0.4, 0.5) is 13.2 Å². The first-order chi connectivity index (χ1) is 7.55. The van der Waals surface area contributed by atoms with Crippen molar-refractivity contribution < 1.29 is 13.2 Å². The number of aromatic nitrogens is 2. The van der Waals surface area contributed by atoms with E-state index in [1.54, 1.807) is 12.4 Å². The van der Waals surface area contributed by atoms with Gasteiger partial charge in [0.25, 0.3) is 0 Å². The number of benzene rings is 1. The van der Waals surface area contributed by atoms with Gasteiger partial charge >= 0.3 is 6.18 Å².